The summed E-state index contributed by atoms with van der Waals surface area (Å²) in [4.78, 5) is 11.6. The molecular weight excluding hydrogens is 190 g/mol. The van der Waals surface area contributed by atoms with Gasteiger partial charge in [-0.2, -0.15) is 0 Å². The van der Waals surface area contributed by atoms with E-state index in [1.807, 2.05) is 0 Å². The van der Waals surface area contributed by atoms with Crippen LogP contribution in [0.1, 0.15) is 22.3 Å². The lowest BCUT2D eigenvalue weighted by Crippen LogP contribution is -2.24. The number of rotatable bonds is 4. The molecule has 15 heavy (non-hydrogen) atoms. The fourth-order valence-electron chi connectivity index (χ4n) is 1.19. The molecule has 1 rings (SSSR count). The summed E-state index contributed by atoms with van der Waals surface area (Å²) in [6.07, 6.45) is 2.51. The molecular formula is C12H15NO2. The first-order valence-electron chi connectivity index (χ1n) is 4.84. The standard InChI is InChI=1S/C12H15NO2/c1-3-4-7-13-12(15)10-5-6-11(14)9(2)8-10/h3,5-6,8,14H,1,4,7H2,2H3,(H,13,15). The zero-order valence-corrected chi connectivity index (χ0v) is 8.79. The molecule has 0 fully saturated rings. The molecule has 3 heteroatoms. The molecule has 0 aliphatic heterocycles. The van der Waals surface area contributed by atoms with E-state index in [2.05, 4.69) is 11.9 Å². The summed E-state index contributed by atoms with van der Waals surface area (Å²) in [6.45, 7) is 5.92. The molecule has 0 saturated heterocycles. The van der Waals surface area contributed by atoms with Gasteiger partial charge in [-0.25, -0.2) is 0 Å². The van der Waals surface area contributed by atoms with Crippen LogP contribution in [0.25, 0.3) is 0 Å². The van der Waals surface area contributed by atoms with E-state index < -0.39 is 0 Å². The Morgan fingerprint density at radius 2 is 2.33 bits per heavy atom. The van der Waals surface area contributed by atoms with Crippen LogP contribution in [0, 0.1) is 6.92 Å². The lowest BCUT2D eigenvalue weighted by atomic mass is 10.1. The summed E-state index contributed by atoms with van der Waals surface area (Å²) < 4.78 is 0. The molecule has 0 bridgehead atoms. The number of hydrogen-bond donors (Lipinski definition) is 2. The maximum absolute atomic E-state index is 11.6. The number of benzene rings is 1. The number of hydrogen-bond acceptors (Lipinski definition) is 2. The van der Waals surface area contributed by atoms with Crippen LogP contribution in [0.5, 0.6) is 5.75 Å². The van der Waals surface area contributed by atoms with Gasteiger partial charge in [0.25, 0.3) is 5.91 Å². The number of amides is 1. The minimum absolute atomic E-state index is 0.125. The van der Waals surface area contributed by atoms with Crippen LogP contribution in [0.2, 0.25) is 0 Å². The van der Waals surface area contributed by atoms with Gasteiger partial charge in [0.2, 0.25) is 0 Å². The predicted molar refractivity (Wildman–Crippen MR) is 60.0 cm³/mol. The topological polar surface area (TPSA) is 49.3 Å². The Labute approximate surface area is 89.4 Å². The second-order valence-corrected chi connectivity index (χ2v) is 3.33. The normalized spacial score (nSPS) is 9.67. The first-order valence-corrected chi connectivity index (χ1v) is 4.84. The summed E-state index contributed by atoms with van der Waals surface area (Å²) in [5.74, 6) is 0.0811. The molecule has 2 N–H and O–H groups in total. The van der Waals surface area contributed by atoms with Crippen LogP contribution in [-0.4, -0.2) is 17.6 Å². The van der Waals surface area contributed by atoms with E-state index in [-0.39, 0.29) is 11.7 Å². The van der Waals surface area contributed by atoms with E-state index in [0.29, 0.717) is 17.7 Å². The number of phenolic OH excluding ortho intramolecular Hbond substituents is 1. The summed E-state index contributed by atoms with van der Waals surface area (Å²) in [5, 5.41) is 12.0. The Balaban J connectivity index is 2.65. The molecule has 80 valence electrons. The highest BCUT2D eigenvalue weighted by Crippen LogP contribution is 2.16. The molecule has 0 unspecified atom stereocenters. The van der Waals surface area contributed by atoms with E-state index in [1.165, 1.54) is 6.07 Å². The third-order valence-electron chi connectivity index (χ3n) is 2.09. The monoisotopic (exact) mass is 205 g/mol. The molecule has 1 amide bonds. The Hall–Kier alpha value is -1.77. The third-order valence-corrected chi connectivity index (χ3v) is 2.09. The smallest absolute Gasteiger partial charge is 0.251 e. The van der Waals surface area contributed by atoms with Crippen LogP contribution in [0.3, 0.4) is 0 Å². The highest BCUT2D eigenvalue weighted by atomic mass is 16.3. The minimum atomic E-state index is -0.125. The second kappa shape index (κ2) is 5.20. The maximum Gasteiger partial charge on any atom is 0.251 e. The van der Waals surface area contributed by atoms with Crippen molar-refractivity contribution in [2.45, 2.75) is 13.3 Å². The predicted octanol–water partition coefficient (Wildman–Crippen LogP) is 2.01. The maximum atomic E-state index is 11.6. The SMILES string of the molecule is C=CCCNC(=O)c1ccc(O)c(C)c1. The fourth-order valence-corrected chi connectivity index (χ4v) is 1.19. The molecule has 1 aromatic rings. The Morgan fingerprint density at radius 3 is 2.93 bits per heavy atom. The van der Waals surface area contributed by atoms with E-state index in [1.54, 1.807) is 25.1 Å². The van der Waals surface area contributed by atoms with Gasteiger partial charge in [0.05, 0.1) is 0 Å². The second-order valence-electron chi connectivity index (χ2n) is 3.33. The van der Waals surface area contributed by atoms with Gasteiger partial charge in [-0.05, 0) is 37.1 Å². The average Bonchev–Trinajstić information content (AvgIpc) is 2.22. The first kappa shape index (κ1) is 11.3. The van der Waals surface area contributed by atoms with E-state index >= 15 is 0 Å². The molecule has 0 spiro atoms. The van der Waals surface area contributed by atoms with Crippen LogP contribution >= 0.6 is 0 Å². The summed E-state index contributed by atoms with van der Waals surface area (Å²) >= 11 is 0. The van der Waals surface area contributed by atoms with Gasteiger partial charge < -0.3 is 10.4 Å². The van der Waals surface area contributed by atoms with Crippen molar-refractivity contribution < 1.29 is 9.90 Å². The van der Waals surface area contributed by atoms with Crippen molar-refractivity contribution in [1.29, 1.82) is 0 Å². The molecule has 3 nitrogen and oxygen atoms in total. The zero-order chi connectivity index (χ0) is 11.3. The molecule has 0 aromatic heterocycles. The van der Waals surface area contributed by atoms with Crippen LogP contribution in [0.15, 0.2) is 30.9 Å². The van der Waals surface area contributed by atoms with Crippen molar-refractivity contribution in [3.05, 3.63) is 42.0 Å². The van der Waals surface area contributed by atoms with Crippen molar-refractivity contribution in [2.75, 3.05) is 6.54 Å². The number of nitrogens with one attached hydrogen (secondary N) is 1. The molecule has 0 atom stereocenters. The highest BCUT2D eigenvalue weighted by Gasteiger charge is 2.05. The summed E-state index contributed by atoms with van der Waals surface area (Å²) in [5.41, 5.74) is 1.26. The zero-order valence-electron chi connectivity index (χ0n) is 8.79. The Kier molecular flexibility index (Phi) is 3.92. The van der Waals surface area contributed by atoms with Gasteiger partial charge >= 0.3 is 0 Å². The van der Waals surface area contributed by atoms with Gasteiger partial charge in [0.1, 0.15) is 5.75 Å². The van der Waals surface area contributed by atoms with Gasteiger partial charge in [0, 0.05) is 12.1 Å². The third kappa shape index (κ3) is 3.13. The fraction of sp³-hybridized carbons (Fsp3) is 0.250. The van der Waals surface area contributed by atoms with Crippen molar-refractivity contribution in [3.8, 4) is 5.75 Å². The van der Waals surface area contributed by atoms with Gasteiger partial charge in [0.15, 0.2) is 0 Å². The van der Waals surface area contributed by atoms with Crippen molar-refractivity contribution in [3.63, 3.8) is 0 Å². The quantitative estimate of drug-likeness (QED) is 0.583. The van der Waals surface area contributed by atoms with E-state index in [0.717, 1.165) is 6.42 Å². The van der Waals surface area contributed by atoms with Gasteiger partial charge in [-0.1, -0.05) is 6.08 Å². The lowest BCUT2D eigenvalue weighted by Gasteiger charge is -2.05. The Morgan fingerprint density at radius 1 is 1.60 bits per heavy atom. The molecule has 0 heterocycles. The molecule has 0 saturated carbocycles. The number of aryl methyl sites for hydroxylation is 1. The average molecular weight is 205 g/mol. The molecule has 0 radical (unpaired) electrons. The molecule has 0 aliphatic rings. The lowest BCUT2D eigenvalue weighted by molar-refractivity contribution is 0.0954. The van der Waals surface area contributed by atoms with Crippen molar-refractivity contribution in [2.24, 2.45) is 0 Å². The number of carbonyl (C=O) groups is 1. The first-order chi connectivity index (χ1) is 7.15. The number of aromatic hydroxyl groups is 1. The van der Waals surface area contributed by atoms with Gasteiger partial charge in [-0.15, -0.1) is 6.58 Å². The Bertz CT molecular complexity index is 372. The van der Waals surface area contributed by atoms with E-state index in [4.69, 9.17) is 0 Å². The van der Waals surface area contributed by atoms with Crippen molar-refractivity contribution in [1.82, 2.24) is 5.32 Å². The molecule has 1 aromatic carbocycles. The molecule has 0 aliphatic carbocycles. The number of phenols is 1. The van der Waals surface area contributed by atoms with Gasteiger partial charge in [-0.3, -0.25) is 4.79 Å². The van der Waals surface area contributed by atoms with Crippen molar-refractivity contribution >= 4 is 5.91 Å². The summed E-state index contributed by atoms with van der Waals surface area (Å²) in [7, 11) is 0. The largest absolute Gasteiger partial charge is 0.508 e. The summed E-state index contributed by atoms with van der Waals surface area (Å²) in [6, 6.07) is 4.79. The van der Waals surface area contributed by atoms with Crippen LogP contribution < -0.4 is 5.32 Å². The van der Waals surface area contributed by atoms with Crippen LogP contribution in [-0.2, 0) is 0 Å². The minimum Gasteiger partial charge on any atom is -0.508 e. The highest BCUT2D eigenvalue weighted by molar-refractivity contribution is 5.94. The number of carbonyl (C=O) groups excluding carboxylic acids is 1. The van der Waals surface area contributed by atoms with E-state index in [9.17, 15) is 9.90 Å². The van der Waals surface area contributed by atoms with Crippen LogP contribution in [0.4, 0.5) is 0 Å².